The molecule has 0 aliphatic carbocycles. The number of nitrogens with zero attached hydrogens (tertiary/aromatic N) is 2. The number of pyridine rings is 1. The van der Waals surface area contributed by atoms with Gasteiger partial charge < -0.3 is 11.1 Å². The van der Waals surface area contributed by atoms with Crippen LogP contribution in [-0.4, -0.2) is 21.1 Å². The van der Waals surface area contributed by atoms with Gasteiger partial charge in [0.05, 0.1) is 11.3 Å². The minimum Gasteiger partial charge on any atom is -0.384 e. The van der Waals surface area contributed by atoms with Crippen molar-refractivity contribution in [3.63, 3.8) is 0 Å². The summed E-state index contributed by atoms with van der Waals surface area (Å²) in [6, 6.07) is 8.21. The standard InChI is InChI=1S/C15H11F2N5O/c16-10-3-1-2-9(14(10)17)11-6-13(22-21-11)20-15(23)8-4-5-12(18)19-7-8/h1-7H,(H2,18,19)(H2,20,21,22,23). The van der Waals surface area contributed by atoms with E-state index in [-0.39, 0.29) is 17.1 Å². The van der Waals surface area contributed by atoms with Gasteiger partial charge in [0.25, 0.3) is 5.91 Å². The van der Waals surface area contributed by atoms with E-state index in [9.17, 15) is 13.6 Å². The summed E-state index contributed by atoms with van der Waals surface area (Å²) >= 11 is 0. The van der Waals surface area contributed by atoms with Gasteiger partial charge in [-0.2, -0.15) is 5.10 Å². The van der Waals surface area contributed by atoms with Crippen molar-refractivity contribution in [2.24, 2.45) is 0 Å². The lowest BCUT2D eigenvalue weighted by Gasteiger charge is -2.01. The lowest BCUT2D eigenvalue weighted by Crippen LogP contribution is -2.12. The van der Waals surface area contributed by atoms with Crippen LogP contribution in [-0.2, 0) is 0 Å². The van der Waals surface area contributed by atoms with Crippen molar-refractivity contribution in [2.45, 2.75) is 0 Å². The van der Waals surface area contributed by atoms with E-state index in [1.54, 1.807) is 0 Å². The van der Waals surface area contributed by atoms with Crippen LogP contribution in [0.15, 0.2) is 42.6 Å². The Bertz CT molecular complexity index is 861. The van der Waals surface area contributed by atoms with Gasteiger partial charge in [-0.15, -0.1) is 0 Å². The highest BCUT2D eigenvalue weighted by Gasteiger charge is 2.14. The Morgan fingerprint density at radius 3 is 2.78 bits per heavy atom. The average Bonchev–Trinajstić information content (AvgIpc) is 2.99. The maximum Gasteiger partial charge on any atom is 0.258 e. The molecular formula is C15H11F2N5O. The molecule has 0 radical (unpaired) electrons. The normalized spacial score (nSPS) is 10.5. The van der Waals surface area contributed by atoms with Crippen LogP contribution >= 0.6 is 0 Å². The number of nitrogen functional groups attached to an aromatic ring is 1. The SMILES string of the molecule is Nc1ccc(C(=O)Nc2cc(-c3cccc(F)c3F)[nH]n2)cn1. The smallest absolute Gasteiger partial charge is 0.258 e. The maximum absolute atomic E-state index is 13.7. The molecule has 0 atom stereocenters. The quantitative estimate of drug-likeness (QED) is 0.692. The van der Waals surface area contributed by atoms with Gasteiger partial charge in [-0.1, -0.05) is 6.07 Å². The number of nitrogens with two attached hydrogens (primary N) is 1. The number of benzene rings is 1. The number of amides is 1. The Hall–Kier alpha value is -3.29. The molecule has 0 saturated heterocycles. The predicted octanol–water partition coefficient (Wildman–Crippen LogP) is 2.58. The summed E-state index contributed by atoms with van der Waals surface area (Å²) in [7, 11) is 0. The molecule has 2 heterocycles. The van der Waals surface area contributed by atoms with Gasteiger partial charge in [-0.25, -0.2) is 13.8 Å². The number of nitrogens with one attached hydrogen (secondary N) is 2. The van der Waals surface area contributed by atoms with Gasteiger partial charge >= 0.3 is 0 Å². The summed E-state index contributed by atoms with van der Waals surface area (Å²) < 4.78 is 27.0. The summed E-state index contributed by atoms with van der Waals surface area (Å²) in [5, 5.41) is 8.93. The second-order valence-corrected chi connectivity index (χ2v) is 4.69. The molecule has 116 valence electrons. The Labute approximate surface area is 129 Å². The van der Waals surface area contributed by atoms with Gasteiger partial charge in [0.2, 0.25) is 0 Å². The summed E-state index contributed by atoms with van der Waals surface area (Å²) in [6.45, 7) is 0. The van der Waals surface area contributed by atoms with Gasteiger partial charge in [-0.3, -0.25) is 9.89 Å². The Balaban J connectivity index is 1.81. The molecule has 3 aromatic rings. The first kappa shape index (κ1) is 14.6. The maximum atomic E-state index is 13.7. The molecule has 0 aliphatic heterocycles. The lowest BCUT2D eigenvalue weighted by atomic mass is 10.1. The van der Waals surface area contributed by atoms with E-state index in [2.05, 4.69) is 20.5 Å². The molecular weight excluding hydrogens is 304 g/mol. The van der Waals surface area contributed by atoms with Crippen LogP contribution in [0.1, 0.15) is 10.4 Å². The molecule has 4 N–H and O–H groups in total. The average molecular weight is 315 g/mol. The third-order valence-electron chi connectivity index (χ3n) is 3.11. The number of anilines is 2. The zero-order valence-electron chi connectivity index (χ0n) is 11.7. The van der Waals surface area contributed by atoms with Crippen molar-refractivity contribution >= 4 is 17.5 Å². The molecule has 23 heavy (non-hydrogen) atoms. The Morgan fingerprint density at radius 1 is 1.22 bits per heavy atom. The third-order valence-corrected chi connectivity index (χ3v) is 3.11. The molecule has 1 amide bonds. The molecule has 1 aromatic carbocycles. The number of hydrogen-bond donors (Lipinski definition) is 3. The Morgan fingerprint density at radius 2 is 2.04 bits per heavy atom. The molecule has 3 rings (SSSR count). The van der Waals surface area contributed by atoms with E-state index >= 15 is 0 Å². The second kappa shape index (κ2) is 5.84. The number of aromatic amines is 1. The fourth-order valence-electron chi connectivity index (χ4n) is 1.96. The number of carbonyl (C=O) groups is 1. The van der Waals surface area contributed by atoms with Crippen molar-refractivity contribution in [1.82, 2.24) is 15.2 Å². The number of carbonyl (C=O) groups excluding carboxylic acids is 1. The van der Waals surface area contributed by atoms with Crippen LogP contribution in [0.4, 0.5) is 20.4 Å². The largest absolute Gasteiger partial charge is 0.384 e. The van der Waals surface area contributed by atoms with Crippen molar-refractivity contribution in [2.75, 3.05) is 11.1 Å². The van der Waals surface area contributed by atoms with E-state index < -0.39 is 17.5 Å². The van der Waals surface area contributed by atoms with Crippen LogP contribution in [0.3, 0.4) is 0 Å². The van der Waals surface area contributed by atoms with E-state index in [1.807, 2.05) is 0 Å². The number of aromatic nitrogens is 3. The molecule has 0 unspecified atom stereocenters. The first-order chi connectivity index (χ1) is 11.0. The zero-order valence-corrected chi connectivity index (χ0v) is 11.7. The first-order valence-electron chi connectivity index (χ1n) is 6.57. The van der Waals surface area contributed by atoms with Gasteiger partial charge in [-0.05, 0) is 24.3 Å². The van der Waals surface area contributed by atoms with Gasteiger partial charge in [0, 0.05) is 17.8 Å². The fraction of sp³-hybridized carbons (Fsp3) is 0. The molecule has 0 spiro atoms. The summed E-state index contributed by atoms with van der Waals surface area (Å²) in [4.78, 5) is 15.8. The fourth-order valence-corrected chi connectivity index (χ4v) is 1.96. The van der Waals surface area contributed by atoms with Gasteiger partial charge in [0.1, 0.15) is 5.82 Å². The monoisotopic (exact) mass is 315 g/mol. The van der Waals surface area contributed by atoms with E-state index in [0.29, 0.717) is 11.4 Å². The topological polar surface area (TPSA) is 96.7 Å². The third kappa shape index (κ3) is 3.00. The second-order valence-electron chi connectivity index (χ2n) is 4.69. The molecule has 0 bridgehead atoms. The zero-order chi connectivity index (χ0) is 16.4. The molecule has 0 saturated carbocycles. The number of hydrogen-bond acceptors (Lipinski definition) is 4. The van der Waals surface area contributed by atoms with Gasteiger partial charge in [0.15, 0.2) is 17.5 Å². The van der Waals surface area contributed by atoms with Crippen LogP contribution in [0.25, 0.3) is 11.3 Å². The van der Waals surface area contributed by atoms with E-state index in [4.69, 9.17) is 5.73 Å². The minimum absolute atomic E-state index is 0.0205. The number of rotatable bonds is 3. The van der Waals surface area contributed by atoms with Crippen molar-refractivity contribution < 1.29 is 13.6 Å². The molecule has 6 nitrogen and oxygen atoms in total. The highest BCUT2D eigenvalue weighted by molar-refractivity contribution is 6.03. The molecule has 2 aromatic heterocycles. The highest BCUT2D eigenvalue weighted by Crippen LogP contribution is 2.24. The van der Waals surface area contributed by atoms with Crippen molar-refractivity contribution in [1.29, 1.82) is 0 Å². The van der Waals surface area contributed by atoms with Crippen molar-refractivity contribution in [3.8, 4) is 11.3 Å². The molecule has 8 heteroatoms. The highest BCUT2D eigenvalue weighted by atomic mass is 19.2. The predicted molar refractivity (Wildman–Crippen MR) is 80.5 cm³/mol. The molecule has 0 aliphatic rings. The minimum atomic E-state index is -0.989. The first-order valence-corrected chi connectivity index (χ1v) is 6.57. The van der Waals surface area contributed by atoms with Crippen LogP contribution in [0.2, 0.25) is 0 Å². The van der Waals surface area contributed by atoms with Crippen LogP contribution in [0, 0.1) is 11.6 Å². The summed E-state index contributed by atoms with van der Waals surface area (Å²) in [6.07, 6.45) is 1.32. The van der Waals surface area contributed by atoms with Crippen LogP contribution in [0.5, 0.6) is 0 Å². The van der Waals surface area contributed by atoms with Crippen molar-refractivity contribution in [3.05, 3.63) is 59.8 Å². The van der Waals surface area contributed by atoms with E-state index in [0.717, 1.165) is 6.07 Å². The summed E-state index contributed by atoms with van der Waals surface area (Å²) in [5.41, 5.74) is 6.00. The lowest BCUT2D eigenvalue weighted by molar-refractivity contribution is 0.102. The molecule has 0 fully saturated rings. The summed E-state index contributed by atoms with van der Waals surface area (Å²) in [5.74, 6) is -1.93. The van der Waals surface area contributed by atoms with Crippen LogP contribution < -0.4 is 11.1 Å². The van der Waals surface area contributed by atoms with E-state index in [1.165, 1.54) is 36.5 Å². The number of H-pyrrole nitrogens is 1. The Kier molecular flexibility index (Phi) is 3.71. The number of halogens is 2.